The van der Waals surface area contributed by atoms with E-state index in [0.717, 1.165) is 5.69 Å². The third-order valence-corrected chi connectivity index (χ3v) is 1.87. The molecule has 12 heavy (non-hydrogen) atoms. The summed E-state index contributed by atoms with van der Waals surface area (Å²) < 4.78 is 0. The smallest absolute Gasteiger partial charge is 0.0728 e. The van der Waals surface area contributed by atoms with Crippen LogP contribution in [0.5, 0.6) is 0 Å². The number of likely N-dealkylation sites (N-methyl/N-ethyl adjacent to an activating group) is 1. The molecule has 4 heteroatoms. The molecule has 1 rings (SSSR count). The van der Waals surface area contributed by atoms with Crippen LogP contribution in [0.2, 0.25) is 5.02 Å². The zero-order valence-electron chi connectivity index (χ0n) is 6.79. The van der Waals surface area contributed by atoms with Crippen LogP contribution in [0.3, 0.4) is 0 Å². The van der Waals surface area contributed by atoms with Gasteiger partial charge in [0.15, 0.2) is 0 Å². The van der Waals surface area contributed by atoms with Gasteiger partial charge in [-0.25, -0.2) is 0 Å². The zero-order valence-corrected chi connectivity index (χ0v) is 7.54. The van der Waals surface area contributed by atoms with Crippen molar-refractivity contribution < 1.29 is 5.11 Å². The van der Waals surface area contributed by atoms with Crippen molar-refractivity contribution in [3.8, 4) is 0 Å². The van der Waals surface area contributed by atoms with E-state index in [2.05, 4.69) is 10.3 Å². The summed E-state index contributed by atoms with van der Waals surface area (Å²) in [5, 5.41) is 12.5. The highest BCUT2D eigenvalue weighted by atomic mass is 35.5. The van der Waals surface area contributed by atoms with Gasteiger partial charge in [-0.1, -0.05) is 11.6 Å². The molecule has 0 aliphatic carbocycles. The number of halogens is 1. The van der Waals surface area contributed by atoms with E-state index in [1.54, 1.807) is 25.4 Å². The summed E-state index contributed by atoms with van der Waals surface area (Å²) in [5.74, 6) is 0. The van der Waals surface area contributed by atoms with Crippen molar-refractivity contribution in [2.45, 2.75) is 6.04 Å². The number of aliphatic hydroxyl groups is 1. The van der Waals surface area contributed by atoms with E-state index in [1.807, 2.05) is 0 Å². The lowest BCUT2D eigenvalue weighted by atomic mass is 10.2. The average molecular weight is 187 g/mol. The van der Waals surface area contributed by atoms with E-state index in [-0.39, 0.29) is 12.6 Å². The van der Waals surface area contributed by atoms with Crippen LogP contribution in [0, 0.1) is 0 Å². The number of rotatable bonds is 3. The van der Waals surface area contributed by atoms with Crippen LogP contribution in [0.15, 0.2) is 18.3 Å². The number of nitrogens with zero attached hydrogens (tertiary/aromatic N) is 1. The Kier molecular flexibility index (Phi) is 3.47. The Balaban J connectivity index is 2.85. The Morgan fingerprint density at radius 2 is 2.50 bits per heavy atom. The molecular weight excluding hydrogens is 176 g/mol. The molecule has 0 amide bonds. The molecule has 1 aromatic heterocycles. The first-order chi connectivity index (χ1) is 5.77. The van der Waals surface area contributed by atoms with E-state index in [4.69, 9.17) is 16.7 Å². The van der Waals surface area contributed by atoms with E-state index in [1.165, 1.54) is 0 Å². The van der Waals surface area contributed by atoms with Gasteiger partial charge in [0.05, 0.1) is 18.3 Å². The lowest BCUT2D eigenvalue weighted by Crippen LogP contribution is -2.20. The molecule has 2 N–H and O–H groups in total. The van der Waals surface area contributed by atoms with Gasteiger partial charge in [0.25, 0.3) is 0 Å². The molecule has 3 nitrogen and oxygen atoms in total. The van der Waals surface area contributed by atoms with Crippen molar-refractivity contribution >= 4 is 11.6 Å². The third-order valence-electron chi connectivity index (χ3n) is 1.63. The highest BCUT2D eigenvalue weighted by molar-refractivity contribution is 6.30. The van der Waals surface area contributed by atoms with Crippen LogP contribution in [0.25, 0.3) is 0 Å². The van der Waals surface area contributed by atoms with Crippen LogP contribution in [-0.4, -0.2) is 23.7 Å². The Morgan fingerprint density at radius 1 is 1.75 bits per heavy atom. The predicted molar refractivity (Wildman–Crippen MR) is 48.1 cm³/mol. The lowest BCUT2D eigenvalue weighted by molar-refractivity contribution is 0.248. The highest BCUT2D eigenvalue weighted by Gasteiger charge is 2.08. The Morgan fingerprint density at radius 3 is 3.00 bits per heavy atom. The molecule has 66 valence electrons. The second-order valence-electron chi connectivity index (χ2n) is 2.42. The van der Waals surface area contributed by atoms with Gasteiger partial charge in [-0.3, -0.25) is 4.98 Å². The molecule has 1 atom stereocenters. The maximum absolute atomic E-state index is 8.92. The normalized spacial score (nSPS) is 12.9. The number of aromatic nitrogens is 1. The molecule has 0 aliphatic heterocycles. The average Bonchev–Trinajstić information content (AvgIpc) is 2.07. The maximum atomic E-state index is 8.92. The third kappa shape index (κ3) is 2.17. The van der Waals surface area contributed by atoms with Gasteiger partial charge < -0.3 is 10.4 Å². The zero-order chi connectivity index (χ0) is 8.97. The van der Waals surface area contributed by atoms with Gasteiger partial charge in [0.1, 0.15) is 0 Å². The second-order valence-corrected chi connectivity index (χ2v) is 2.86. The minimum atomic E-state index is -0.135. The fourth-order valence-electron chi connectivity index (χ4n) is 0.944. The lowest BCUT2D eigenvalue weighted by Gasteiger charge is -2.11. The summed E-state index contributed by atoms with van der Waals surface area (Å²) in [5.41, 5.74) is 0.757. The largest absolute Gasteiger partial charge is 0.394 e. The van der Waals surface area contributed by atoms with E-state index < -0.39 is 0 Å². The molecule has 0 aliphatic rings. The van der Waals surface area contributed by atoms with Crippen molar-refractivity contribution in [2.24, 2.45) is 0 Å². The van der Waals surface area contributed by atoms with Gasteiger partial charge in [0, 0.05) is 11.2 Å². The van der Waals surface area contributed by atoms with Crippen molar-refractivity contribution in [1.29, 1.82) is 0 Å². The van der Waals surface area contributed by atoms with Crippen molar-refractivity contribution in [2.75, 3.05) is 13.7 Å². The molecule has 0 aromatic carbocycles. The quantitative estimate of drug-likeness (QED) is 0.740. The number of hydrogen-bond donors (Lipinski definition) is 2. The first-order valence-corrected chi connectivity index (χ1v) is 4.05. The molecule has 0 saturated carbocycles. The highest BCUT2D eigenvalue weighted by Crippen LogP contribution is 2.13. The Labute approximate surface area is 76.4 Å². The number of nitrogens with one attached hydrogen (secondary N) is 1. The molecular formula is C8H11ClN2O. The molecule has 1 heterocycles. The summed E-state index contributed by atoms with van der Waals surface area (Å²) >= 11 is 5.75. The first kappa shape index (κ1) is 9.45. The monoisotopic (exact) mass is 186 g/mol. The number of pyridine rings is 1. The summed E-state index contributed by atoms with van der Waals surface area (Å²) in [4.78, 5) is 4.07. The van der Waals surface area contributed by atoms with Gasteiger partial charge in [-0.05, 0) is 19.2 Å². The topological polar surface area (TPSA) is 45.1 Å². The molecule has 1 aromatic rings. The summed E-state index contributed by atoms with van der Waals surface area (Å²) in [6, 6.07) is 3.30. The van der Waals surface area contributed by atoms with E-state index >= 15 is 0 Å². The summed E-state index contributed by atoms with van der Waals surface area (Å²) in [6.45, 7) is 0.0177. The minimum absolute atomic E-state index is 0.0177. The minimum Gasteiger partial charge on any atom is -0.394 e. The molecule has 0 fully saturated rings. The van der Waals surface area contributed by atoms with Gasteiger partial charge >= 0.3 is 0 Å². The van der Waals surface area contributed by atoms with E-state index in [9.17, 15) is 0 Å². The number of hydrogen-bond acceptors (Lipinski definition) is 3. The Bertz CT molecular complexity index is 251. The van der Waals surface area contributed by atoms with Gasteiger partial charge in [-0.2, -0.15) is 0 Å². The number of aliphatic hydroxyl groups excluding tert-OH is 1. The van der Waals surface area contributed by atoms with Gasteiger partial charge in [-0.15, -0.1) is 0 Å². The van der Waals surface area contributed by atoms with Crippen molar-refractivity contribution in [3.05, 3.63) is 29.0 Å². The fraction of sp³-hybridized carbons (Fsp3) is 0.375. The first-order valence-electron chi connectivity index (χ1n) is 3.67. The fourth-order valence-corrected chi connectivity index (χ4v) is 1.11. The maximum Gasteiger partial charge on any atom is 0.0728 e. The Hall–Kier alpha value is -0.640. The second kappa shape index (κ2) is 4.40. The molecule has 0 saturated heterocycles. The summed E-state index contributed by atoms with van der Waals surface area (Å²) in [7, 11) is 1.77. The van der Waals surface area contributed by atoms with Crippen LogP contribution >= 0.6 is 11.6 Å². The molecule has 0 spiro atoms. The van der Waals surface area contributed by atoms with E-state index in [0.29, 0.717) is 5.02 Å². The molecule has 0 unspecified atom stereocenters. The predicted octanol–water partition coefficient (Wildman–Crippen LogP) is 0.988. The van der Waals surface area contributed by atoms with Crippen molar-refractivity contribution in [1.82, 2.24) is 10.3 Å². The van der Waals surface area contributed by atoms with Crippen LogP contribution < -0.4 is 5.32 Å². The summed E-state index contributed by atoms with van der Waals surface area (Å²) in [6.07, 6.45) is 1.62. The van der Waals surface area contributed by atoms with Crippen LogP contribution in [-0.2, 0) is 0 Å². The SMILES string of the molecule is CN[C@H](CO)c1cc(Cl)ccn1. The van der Waals surface area contributed by atoms with Crippen molar-refractivity contribution in [3.63, 3.8) is 0 Å². The molecule has 0 radical (unpaired) electrons. The van der Waals surface area contributed by atoms with Crippen LogP contribution in [0.1, 0.15) is 11.7 Å². The van der Waals surface area contributed by atoms with Crippen LogP contribution in [0.4, 0.5) is 0 Å². The standard InChI is InChI=1S/C8H11ClN2O/c1-10-8(5-12)7-4-6(9)2-3-11-7/h2-4,8,10,12H,5H2,1H3/t8-/m1/s1. The van der Waals surface area contributed by atoms with Gasteiger partial charge in [0.2, 0.25) is 0 Å². The molecule has 0 bridgehead atoms.